The molecule has 1 amide bonds. The van der Waals surface area contributed by atoms with Crippen LogP contribution in [0.25, 0.3) is 0 Å². The van der Waals surface area contributed by atoms with E-state index in [0.717, 1.165) is 5.56 Å². The fourth-order valence-corrected chi connectivity index (χ4v) is 1.14. The third-order valence-corrected chi connectivity index (χ3v) is 2.20. The summed E-state index contributed by atoms with van der Waals surface area (Å²) in [4.78, 5) is 23.1. The van der Waals surface area contributed by atoms with E-state index in [1.54, 1.807) is 12.1 Å². The normalized spacial score (nSPS) is 9.76. The molecule has 0 atom stereocenters. The van der Waals surface area contributed by atoms with Gasteiger partial charge < -0.3 is 14.7 Å². The minimum Gasteiger partial charge on any atom is -0.481 e. The van der Waals surface area contributed by atoms with Gasteiger partial charge in [-0.25, -0.2) is 4.79 Å². The van der Waals surface area contributed by atoms with Gasteiger partial charge in [0.05, 0.1) is 6.42 Å². The lowest BCUT2D eigenvalue weighted by molar-refractivity contribution is -0.137. The highest BCUT2D eigenvalue weighted by molar-refractivity contribution is 5.72. The molecule has 5 nitrogen and oxygen atoms in total. The molecule has 17 heavy (non-hydrogen) atoms. The van der Waals surface area contributed by atoms with Crippen molar-refractivity contribution in [2.75, 3.05) is 13.6 Å². The van der Waals surface area contributed by atoms with Gasteiger partial charge >= 0.3 is 12.1 Å². The van der Waals surface area contributed by atoms with Crippen molar-refractivity contribution in [1.29, 1.82) is 0 Å². The second-order valence-corrected chi connectivity index (χ2v) is 3.75. The SMILES string of the molecule is Cc1ccc(OC(=O)N(C)CCC(=O)O)cc1. The summed E-state index contributed by atoms with van der Waals surface area (Å²) in [6, 6.07) is 7.05. The monoisotopic (exact) mass is 237 g/mol. The number of aliphatic carboxylic acids is 1. The van der Waals surface area contributed by atoms with E-state index in [0.29, 0.717) is 5.75 Å². The fraction of sp³-hybridized carbons (Fsp3) is 0.333. The molecule has 5 heteroatoms. The molecular weight excluding hydrogens is 222 g/mol. The smallest absolute Gasteiger partial charge is 0.414 e. The van der Waals surface area contributed by atoms with Crippen LogP contribution in [-0.4, -0.2) is 35.7 Å². The van der Waals surface area contributed by atoms with Crippen molar-refractivity contribution in [3.8, 4) is 5.75 Å². The summed E-state index contributed by atoms with van der Waals surface area (Å²) in [7, 11) is 1.50. The molecule has 1 aromatic carbocycles. The minimum absolute atomic E-state index is 0.0977. The number of nitrogens with zero attached hydrogens (tertiary/aromatic N) is 1. The second kappa shape index (κ2) is 5.89. The van der Waals surface area contributed by atoms with Crippen LogP contribution in [0.1, 0.15) is 12.0 Å². The van der Waals surface area contributed by atoms with Gasteiger partial charge in [0.25, 0.3) is 0 Å². The standard InChI is InChI=1S/C12H15NO4/c1-9-3-5-10(6-4-9)17-12(16)13(2)8-7-11(14)15/h3-6H,7-8H2,1-2H3,(H,14,15). The Morgan fingerprint density at radius 1 is 1.29 bits per heavy atom. The van der Waals surface area contributed by atoms with Crippen molar-refractivity contribution in [3.63, 3.8) is 0 Å². The van der Waals surface area contributed by atoms with Crippen molar-refractivity contribution in [3.05, 3.63) is 29.8 Å². The zero-order valence-electron chi connectivity index (χ0n) is 9.84. The van der Waals surface area contributed by atoms with Crippen LogP contribution < -0.4 is 4.74 Å². The maximum atomic E-state index is 11.5. The first-order valence-electron chi connectivity index (χ1n) is 5.20. The third-order valence-electron chi connectivity index (χ3n) is 2.20. The van der Waals surface area contributed by atoms with Crippen molar-refractivity contribution in [1.82, 2.24) is 4.90 Å². The minimum atomic E-state index is -0.944. The number of carboxylic acid groups (broad SMARTS) is 1. The molecule has 0 saturated heterocycles. The van der Waals surface area contributed by atoms with E-state index in [4.69, 9.17) is 9.84 Å². The largest absolute Gasteiger partial charge is 0.481 e. The number of aryl methyl sites for hydroxylation is 1. The van der Waals surface area contributed by atoms with Gasteiger partial charge in [-0.05, 0) is 19.1 Å². The van der Waals surface area contributed by atoms with Crippen LogP contribution in [0.3, 0.4) is 0 Å². The number of amides is 1. The fourth-order valence-electron chi connectivity index (χ4n) is 1.14. The molecular formula is C12H15NO4. The van der Waals surface area contributed by atoms with E-state index in [9.17, 15) is 9.59 Å². The van der Waals surface area contributed by atoms with E-state index in [-0.39, 0.29) is 13.0 Å². The van der Waals surface area contributed by atoms with E-state index >= 15 is 0 Å². The summed E-state index contributed by atoms with van der Waals surface area (Å²) < 4.78 is 5.06. The summed E-state index contributed by atoms with van der Waals surface area (Å²) in [6.45, 7) is 2.06. The summed E-state index contributed by atoms with van der Waals surface area (Å²) in [5, 5.41) is 8.49. The highest BCUT2D eigenvalue weighted by Crippen LogP contribution is 2.12. The molecule has 92 valence electrons. The molecule has 0 heterocycles. The first-order chi connectivity index (χ1) is 7.99. The van der Waals surface area contributed by atoms with Gasteiger partial charge in [-0.3, -0.25) is 4.79 Å². The Morgan fingerprint density at radius 2 is 1.88 bits per heavy atom. The zero-order valence-corrected chi connectivity index (χ0v) is 9.84. The molecule has 0 bridgehead atoms. The second-order valence-electron chi connectivity index (χ2n) is 3.75. The van der Waals surface area contributed by atoms with E-state index in [2.05, 4.69) is 0 Å². The quantitative estimate of drug-likeness (QED) is 0.868. The van der Waals surface area contributed by atoms with Crippen molar-refractivity contribution < 1.29 is 19.4 Å². The summed E-state index contributed by atoms with van der Waals surface area (Å²) in [5.41, 5.74) is 1.07. The lowest BCUT2D eigenvalue weighted by Crippen LogP contribution is -2.31. The molecule has 1 N–H and O–H groups in total. The van der Waals surface area contributed by atoms with E-state index < -0.39 is 12.1 Å². The maximum absolute atomic E-state index is 11.5. The van der Waals surface area contributed by atoms with Crippen molar-refractivity contribution in [2.24, 2.45) is 0 Å². The van der Waals surface area contributed by atoms with Gasteiger partial charge in [0.1, 0.15) is 5.75 Å². The number of carbonyl (C=O) groups excluding carboxylic acids is 1. The Balaban J connectivity index is 2.48. The van der Waals surface area contributed by atoms with Crippen LogP contribution in [0.4, 0.5) is 4.79 Å². The molecule has 0 radical (unpaired) electrons. The van der Waals surface area contributed by atoms with Crippen LogP contribution in [0, 0.1) is 6.92 Å². The van der Waals surface area contributed by atoms with Crippen molar-refractivity contribution >= 4 is 12.1 Å². The maximum Gasteiger partial charge on any atom is 0.414 e. The molecule has 0 aliphatic rings. The van der Waals surface area contributed by atoms with Crippen LogP contribution >= 0.6 is 0 Å². The number of carbonyl (C=O) groups is 2. The molecule has 1 aromatic rings. The number of hydrogen-bond acceptors (Lipinski definition) is 3. The Kier molecular flexibility index (Phi) is 4.51. The average Bonchev–Trinajstić information content (AvgIpc) is 2.28. The Hall–Kier alpha value is -2.04. The first-order valence-corrected chi connectivity index (χ1v) is 5.20. The Labute approximate surface area is 99.6 Å². The topological polar surface area (TPSA) is 66.8 Å². The predicted molar refractivity (Wildman–Crippen MR) is 62.1 cm³/mol. The average molecular weight is 237 g/mol. The number of hydrogen-bond donors (Lipinski definition) is 1. The predicted octanol–water partition coefficient (Wildman–Crippen LogP) is 1.90. The van der Waals surface area contributed by atoms with Gasteiger partial charge in [0, 0.05) is 13.6 Å². The highest BCUT2D eigenvalue weighted by atomic mass is 16.6. The molecule has 0 spiro atoms. The molecule has 0 aliphatic carbocycles. The molecule has 0 unspecified atom stereocenters. The summed E-state index contributed by atoms with van der Waals surface area (Å²) >= 11 is 0. The third kappa shape index (κ3) is 4.55. The highest BCUT2D eigenvalue weighted by Gasteiger charge is 2.12. The van der Waals surface area contributed by atoms with Crippen LogP contribution in [0.15, 0.2) is 24.3 Å². The van der Waals surface area contributed by atoms with Gasteiger partial charge in [-0.15, -0.1) is 0 Å². The zero-order chi connectivity index (χ0) is 12.8. The van der Waals surface area contributed by atoms with Gasteiger partial charge in [-0.2, -0.15) is 0 Å². The van der Waals surface area contributed by atoms with Crippen LogP contribution in [0.5, 0.6) is 5.75 Å². The van der Waals surface area contributed by atoms with E-state index in [1.807, 2.05) is 19.1 Å². The molecule has 0 aliphatic heterocycles. The van der Waals surface area contributed by atoms with Crippen LogP contribution in [0.2, 0.25) is 0 Å². The number of rotatable bonds is 4. The summed E-state index contributed by atoms with van der Waals surface area (Å²) in [5.74, 6) is -0.497. The molecule has 0 aromatic heterocycles. The number of benzene rings is 1. The lowest BCUT2D eigenvalue weighted by atomic mass is 10.2. The van der Waals surface area contributed by atoms with Gasteiger partial charge in [0.15, 0.2) is 0 Å². The number of carboxylic acids is 1. The summed E-state index contributed by atoms with van der Waals surface area (Å²) in [6.07, 6.45) is -0.658. The lowest BCUT2D eigenvalue weighted by Gasteiger charge is -2.15. The Bertz CT molecular complexity index is 399. The van der Waals surface area contributed by atoms with Gasteiger partial charge in [0.2, 0.25) is 0 Å². The molecule has 0 fully saturated rings. The van der Waals surface area contributed by atoms with Crippen LogP contribution in [-0.2, 0) is 4.79 Å². The van der Waals surface area contributed by atoms with Crippen molar-refractivity contribution in [2.45, 2.75) is 13.3 Å². The van der Waals surface area contributed by atoms with Gasteiger partial charge in [-0.1, -0.05) is 17.7 Å². The first kappa shape index (κ1) is 13.0. The molecule has 0 saturated carbocycles. The molecule has 1 rings (SSSR count). The van der Waals surface area contributed by atoms with E-state index in [1.165, 1.54) is 11.9 Å². The Morgan fingerprint density at radius 3 is 2.41 bits per heavy atom. The number of ether oxygens (including phenoxy) is 1.